The SMILES string of the molecule is COc1ccc(CNC(=O)c2c(O)nc3c(C)cccn3c2=O)cc1. The Labute approximate surface area is 143 Å². The number of aromatic nitrogens is 2. The van der Waals surface area contributed by atoms with Crippen LogP contribution in [-0.4, -0.2) is 27.5 Å². The third-order valence-corrected chi connectivity index (χ3v) is 3.87. The second-order valence-electron chi connectivity index (χ2n) is 5.53. The van der Waals surface area contributed by atoms with Gasteiger partial charge in [0.05, 0.1) is 7.11 Å². The molecule has 2 aromatic heterocycles. The van der Waals surface area contributed by atoms with Gasteiger partial charge in [-0.1, -0.05) is 18.2 Å². The Morgan fingerprint density at radius 1 is 1.28 bits per heavy atom. The first-order valence-corrected chi connectivity index (χ1v) is 7.63. The number of benzene rings is 1. The summed E-state index contributed by atoms with van der Waals surface area (Å²) < 4.78 is 6.32. The second kappa shape index (κ2) is 6.64. The topological polar surface area (TPSA) is 92.9 Å². The van der Waals surface area contributed by atoms with Crippen LogP contribution in [0.5, 0.6) is 11.6 Å². The second-order valence-corrected chi connectivity index (χ2v) is 5.53. The van der Waals surface area contributed by atoms with Gasteiger partial charge < -0.3 is 15.2 Å². The van der Waals surface area contributed by atoms with E-state index in [0.717, 1.165) is 11.1 Å². The molecule has 0 radical (unpaired) electrons. The first kappa shape index (κ1) is 16.5. The largest absolute Gasteiger partial charge is 0.497 e. The number of ether oxygens (including phenoxy) is 1. The maximum absolute atomic E-state index is 12.5. The predicted molar refractivity (Wildman–Crippen MR) is 92.0 cm³/mol. The molecule has 7 nitrogen and oxygen atoms in total. The predicted octanol–water partition coefficient (Wildman–Crippen LogP) is 1.65. The number of aryl methyl sites for hydroxylation is 1. The fraction of sp³-hybridized carbons (Fsp3) is 0.167. The number of nitrogens with zero attached hydrogens (tertiary/aromatic N) is 2. The number of hydrogen-bond acceptors (Lipinski definition) is 5. The van der Waals surface area contributed by atoms with E-state index in [2.05, 4.69) is 10.3 Å². The van der Waals surface area contributed by atoms with Gasteiger partial charge in [-0.2, -0.15) is 4.98 Å². The van der Waals surface area contributed by atoms with Crippen LogP contribution < -0.4 is 15.6 Å². The lowest BCUT2D eigenvalue weighted by atomic mass is 10.2. The number of nitrogens with one attached hydrogen (secondary N) is 1. The maximum Gasteiger partial charge on any atom is 0.274 e. The minimum Gasteiger partial charge on any atom is -0.497 e. The molecule has 7 heteroatoms. The summed E-state index contributed by atoms with van der Waals surface area (Å²) in [5.74, 6) is -0.548. The van der Waals surface area contributed by atoms with Crippen molar-refractivity contribution in [3.05, 3.63) is 69.6 Å². The highest BCUT2D eigenvalue weighted by Gasteiger charge is 2.20. The Morgan fingerprint density at radius 2 is 2.00 bits per heavy atom. The van der Waals surface area contributed by atoms with E-state index < -0.39 is 17.3 Å². The summed E-state index contributed by atoms with van der Waals surface area (Å²) in [5.41, 5.74) is 0.880. The monoisotopic (exact) mass is 339 g/mol. The van der Waals surface area contributed by atoms with Crippen molar-refractivity contribution >= 4 is 11.6 Å². The fourth-order valence-corrected chi connectivity index (χ4v) is 2.50. The summed E-state index contributed by atoms with van der Waals surface area (Å²) in [6.07, 6.45) is 1.51. The number of amides is 1. The van der Waals surface area contributed by atoms with Crippen molar-refractivity contribution in [2.75, 3.05) is 7.11 Å². The third-order valence-electron chi connectivity index (χ3n) is 3.87. The molecule has 1 aromatic carbocycles. The quantitative estimate of drug-likeness (QED) is 0.754. The Kier molecular flexibility index (Phi) is 4.38. The highest BCUT2D eigenvalue weighted by Crippen LogP contribution is 2.14. The molecule has 0 fully saturated rings. The summed E-state index contributed by atoms with van der Waals surface area (Å²) in [7, 11) is 1.57. The number of rotatable bonds is 4. The molecule has 0 aliphatic carbocycles. The standard InChI is InChI=1S/C18H17N3O4/c1-11-4-3-9-21-15(11)20-17(23)14(18(21)24)16(22)19-10-12-5-7-13(25-2)8-6-12/h3-9,23H,10H2,1-2H3,(H,19,22). The average Bonchev–Trinajstić information content (AvgIpc) is 2.61. The first-order valence-electron chi connectivity index (χ1n) is 7.63. The fourth-order valence-electron chi connectivity index (χ4n) is 2.50. The van der Waals surface area contributed by atoms with Crippen molar-refractivity contribution in [1.29, 1.82) is 0 Å². The van der Waals surface area contributed by atoms with Crippen molar-refractivity contribution in [2.24, 2.45) is 0 Å². The van der Waals surface area contributed by atoms with Crippen LogP contribution in [0, 0.1) is 6.92 Å². The van der Waals surface area contributed by atoms with Crippen LogP contribution in [0.25, 0.3) is 5.65 Å². The molecule has 0 unspecified atom stereocenters. The lowest BCUT2D eigenvalue weighted by molar-refractivity contribution is 0.0945. The number of hydrogen-bond donors (Lipinski definition) is 2. The molecule has 2 heterocycles. The van der Waals surface area contributed by atoms with Crippen LogP contribution in [0.4, 0.5) is 0 Å². The molecule has 1 amide bonds. The van der Waals surface area contributed by atoms with Gasteiger partial charge in [0.15, 0.2) is 5.56 Å². The van der Waals surface area contributed by atoms with E-state index in [4.69, 9.17) is 4.74 Å². The molecule has 0 saturated heterocycles. The van der Waals surface area contributed by atoms with E-state index >= 15 is 0 Å². The van der Waals surface area contributed by atoms with E-state index in [-0.39, 0.29) is 12.1 Å². The zero-order valence-electron chi connectivity index (χ0n) is 13.8. The molecule has 0 saturated carbocycles. The lowest BCUT2D eigenvalue weighted by Crippen LogP contribution is -2.31. The summed E-state index contributed by atoms with van der Waals surface area (Å²) in [6, 6.07) is 10.6. The van der Waals surface area contributed by atoms with E-state index in [1.54, 1.807) is 50.4 Å². The third kappa shape index (κ3) is 3.16. The molecule has 0 aliphatic rings. The molecule has 3 aromatic rings. The minimum absolute atomic E-state index is 0.207. The average molecular weight is 339 g/mol. The van der Waals surface area contributed by atoms with Gasteiger partial charge in [0.1, 0.15) is 11.4 Å². The van der Waals surface area contributed by atoms with Crippen LogP contribution in [0.15, 0.2) is 47.4 Å². The Balaban J connectivity index is 1.88. The van der Waals surface area contributed by atoms with Gasteiger partial charge in [0, 0.05) is 12.7 Å². The molecule has 3 rings (SSSR count). The smallest absolute Gasteiger partial charge is 0.274 e. The molecular formula is C18H17N3O4. The highest BCUT2D eigenvalue weighted by molar-refractivity contribution is 5.96. The zero-order valence-corrected chi connectivity index (χ0v) is 13.8. The molecule has 0 aliphatic heterocycles. The van der Waals surface area contributed by atoms with Crippen LogP contribution in [0.3, 0.4) is 0 Å². The van der Waals surface area contributed by atoms with Gasteiger partial charge in [-0.15, -0.1) is 0 Å². The Bertz CT molecular complexity index is 994. The van der Waals surface area contributed by atoms with Crippen molar-refractivity contribution < 1.29 is 14.6 Å². The number of pyridine rings is 1. The van der Waals surface area contributed by atoms with Crippen molar-refractivity contribution in [2.45, 2.75) is 13.5 Å². The first-order chi connectivity index (χ1) is 12.0. The van der Waals surface area contributed by atoms with Gasteiger partial charge in [0.25, 0.3) is 11.5 Å². The molecule has 128 valence electrons. The summed E-state index contributed by atoms with van der Waals surface area (Å²) in [5, 5.41) is 12.7. The van der Waals surface area contributed by atoms with E-state index in [0.29, 0.717) is 11.4 Å². The number of carbonyl (C=O) groups is 1. The molecule has 0 spiro atoms. The number of aromatic hydroxyl groups is 1. The van der Waals surface area contributed by atoms with Gasteiger partial charge in [-0.3, -0.25) is 14.0 Å². The van der Waals surface area contributed by atoms with Crippen LogP contribution in [0.2, 0.25) is 0 Å². The van der Waals surface area contributed by atoms with Crippen LogP contribution >= 0.6 is 0 Å². The molecular weight excluding hydrogens is 322 g/mol. The van der Waals surface area contributed by atoms with E-state index in [1.807, 2.05) is 0 Å². The molecule has 2 N–H and O–H groups in total. The molecule has 25 heavy (non-hydrogen) atoms. The zero-order chi connectivity index (χ0) is 18.0. The summed E-state index contributed by atoms with van der Waals surface area (Å²) >= 11 is 0. The molecule has 0 atom stereocenters. The summed E-state index contributed by atoms with van der Waals surface area (Å²) in [4.78, 5) is 28.9. The number of carbonyl (C=O) groups excluding carboxylic acids is 1. The summed E-state index contributed by atoms with van der Waals surface area (Å²) in [6.45, 7) is 1.98. The maximum atomic E-state index is 12.5. The van der Waals surface area contributed by atoms with Crippen molar-refractivity contribution in [3.8, 4) is 11.6 Å². The van der Waals surface area contributed by atoms with Gasteiger partial charge >= 0.3 is 0 Å². The Hall–Kier alpha value is -3.35. The highest BCUT2D eigenvalue weighted by atomic mass is 16.5. The normalized spacial score (nSPS) is 10.6. The minimum atomic E-state index is -0.679. The van der Waals surface area contributed by atoms with Crippen molar-refractivity contribution in [3.63, 3.8) is 0 Å². The van der Waals surface area contributed by atoms with Gasteiger partial charge in [-0.05, 0) is 36.2 Å². The number of methoxy groups -OCH3 is 1. The Morgan fingerprint density at radius 3 is 2.68 bits per heavy atom. The number of fused-ring (bicyclic) bond motifs is 1. The lowest BCUT2D eigenvalue weighted by Gasteiger charge is -2.09. The van der Waals surface area contributed by atoms with Crippen LogP contribution in [-0.2, 0) is 6.54 Å². The van der Waals surface area contributed by atoms with Crippen LogP contribution in [0.1, 0.15) is 21.5 Å². The van der Waals surface area contributed by atoms with Gasteiger partial charge in [-0.25, -0.2) is 0 Å². The van der Waals surface area contributed by atoms with E-state index in [1.165, 1.54) is 10.6 Å². The molecule has 0 bridgehead atoms. The van der Waals surface area contributed by atoms with Gasteiger partial charge in [0.2, 0.25) is 5.88 Å². The van der Waals surface area contributed by atoms with Crippen molar-refractivity contribution in [1.82, 2.24) is 14.7 Å². The van der Waals surface area contributed by atoms with E-state index in [9.17, 15) is 14.7 Å².